The van der Waals surface area contributed by atoms with E-state index >= 15 is 0 Å². The molecule has 1 saturated carbocycles. The first-order chi connectivity index (χ1) is 8.66. The summed E-state index contributed by atoms with van der Waals surface area (Å²) >= 11 is 1.94. The van der Waals surface area contributed by atoms with Gasteiger partial charge in [-0.3, -0.25) is 4.79 Å². The number of carbonyl (C=O) groups excluding carboxylic acids is 1. The number of hydrogen-bond donors (Lipinski definition) is 2. The first kappa shape index (κ1) is 13.3. The van der Waals surface area contributed by atoms with Crippen LogP contribution in [0.5, 0.6) is 0 Å². The molecule has 4 N–H and O–H groups in total. The van der Waals surface area contributed by atoms with E-state index in [0.717, 1.165) is 17.2 Å². The Morgan fingerprint density at radius 2 is 2.06 bits per heavy atom. The third-order valence-corrected chi connectivity index (χ3v) is 4.74. The fraction of sp³-hybridized carbons (Fsp3) is 0.500. The number of carbonyl (C=O) groups is 1. The predicted octanol–water partition coefficient (Wildman–Crippen LogP) is 2.79. The van der Waals surface area contributed by atoms with Crippen molar-refractivity contribution >= 4 is 23.4 Å². The Bertz CT molecular complexity index is 428. The maximum absolute atomic E-state index is 11.0. The van der Waals surface area contributed by atoms with Gasteiger partial charge in [0.15, 0.2) is 0 Å². The van der Waals surface area contributed by atoms with Gasteiger partial charge in [0, 0.05) is 17.0 Å². The van der Waals surface area contributed by atoms with Crippen LogP contribution in [0.1, 0.15) is 41.6 Å². The molecular formula is C14H20N2OS. The van der Waals surface area contributed by atoms with E-state index in [0.29, 0.717) is 11.3 Å². The molecule has 1 aliphatic rings. The van der Waals surface area contributed by atoms with Crippen LogP contribution in [0.3, 0.4) is 0 Å². The molecule has 0 atom stereocenters. The molecule has 0 spiro atoms. The normalized spacial score (nSPS) is 16.0. The Balaban J connectivity index is 1.87. The van der Waals surface area contributed by atoms with E-state index < -0.39 is 5.91 Å². The molecule has 0 radical (unpaired) electrons. The molecule has 1 aromatic carbocycles. The van der Waals surface area contributed by atoms with E-state index in [1.165, 1.54) is 31.4 Å². The van der Waals surface area contributed by atoms with Crippen molar-refractivity contribution in [3.8, 4) is 0 Å². The highest BCUT2D eigenvalue weighted by Gasteiger charge is 2.14. The molecule has 2 rings (SSSR count). The number of hydrogen-bond acceptors (Lipinski definition) is 3. The van der Waals surface area contributed by atoms with Crippen LogP contribution in [0.2, 0.25) is 0 Å². The van der Waals surface area contributed by atoms with Gasteiger partial charge in [-0.15, -0.1) is 0 Å². The van der Waals surface area contributed by atoms with Crippen LogP contribution >= 0.6 is 11.8 Å². The summed E-state index contributed by atoms with van der Waals surface area (Å²) in [5.41, 5.74) is 13.4. The lowest BCUT2D eigenvalue weighted by Crippen LogP contribution is -2.11. The second-order valence-corrected chi connectivity index (χ2v) is 5.97. The number of rotatable bonds is 5. The molecule has 1 fully saturated rings. The summed E-state index contributed by atoms with van der Waals surface area (Å²) in [7, 11) is 0. The summed E-state index contributed by atoms with van der Waals surface area (Å²) in [5, 5.41) is 0. The molecule has 1 amide bonds. The summed E-state index contributed by atoms with van der Waals surface area (Å²) in [6, 6.07) is 5.34. The van der Waals surface area contributed by atoms with Crippen molar-refractivity contribution in [2.24, 2.45) is 11.7 Å². The third-order valence-electron chi connectivity index (χ3n) is 3.52. The van der Waals surface area contributed by atoms with Crippen molar-refractivity contribution in [1.82, 2.24) is 0 Å². The van der Waals surface area contributed by atoms with E-state index in [9.17, 15) is 4.79 Å². The number of amides is 1. The van der Waals surface area contributed by atoms with Crippen LogP contribution in [-0.2, 0) is 5.75 Å². The fourth-order valence-corrected chi connectivity index (χ4v) is 3.66. The molecular weight excluding hydrogens is 244 g/mol. The first-order valence-corrected chi connectivity index (χ1v) is 7.58. The summed E-state index contributed by atoms with van der Waals surface area (Å²) in [6.45, 7) is 0. The molecule has 0 saturated heterocycles. The van der Waals surface area contributed by atoms with E-state index in [-0.39, 0.29) is 0 Å². The zero-order valence-electron chi connectivity index (χ0n) is 10.5. The number of primary amides is 1. The van der Waals surface area contributed by atoms with Crippen LogP contribution in [-0.4, -0.2) is 11.7 Å². The monoisotopic (exact) mass is 264 g/mol. The average molecular weight is 264 g/mol. The van der Waals surface area contributed by atoms with Crippen molar-refractivity contribution < 1.29 is 4.79 Å². The maximum Gasteiger partial charge on any atom is 0.248 e. The summed E-state index contributed by atoms with van der Waals surface area (Å²) in [6.07, 6.45) is 5.54. The molecule has 3 nitrogen and oxygen atoms in total. The van der Waals surface area contributed by atoms with Crippen molar-refractivity contribution in [1.29, 1.82) is 0 Å². The van der Waals surface area contributed by atoms with Gasteiger partial charge < -0.3 is 11.5 Å². The number of benzene rings is 1. The third kappa shape index (κ3) is 3.42. The Kier molecular flexibility index (Phi) is 4.53. The number of nitrogen functional groups attached to an aromatic ring is 1. The summed E-state index contributed by atoms with van der Waals surface area (Å²) < 4.78 is 0. The van der Waals surface area contributed by atoms with Gasteiger partial charge in [-0.1, -0.05) is 18.9 Å². The molecule has 0 aromatic heterocycles. The molecule has 0 aliphatic heterocycles. The Morgan fingerprint density at radius 1 is 1.33 bits per heavy atom. The van der Waals surface area contributed by atoms with Gasteiger partial charge in [-0.05, 0) is 42.2 Å². The number of thioether (sulfide) groups is 1. The number of anilines is 1. The van der Waals surface area contributed by atoms with Gasteiger partial charge >= 0.3 is 0 Å². The van der Waals surface area contributed by atoms with Crippen LogP contribution < -0.4 is 11.5 Å². The number of nitrogens with two attached hydrogens (primary N) is 2. The largest absolute Gasteiger partial charge is 0.398 e. The van der Waals surface area contributed by atoms with Crippen LogP contribution in [0.4, 0.5) is 5.69 Å². The molecule has 98 valence electrons. The molecule has 1 aromatic rings. The van der Waals surface area contributed by atoms with Gasteiger partial charge in [0.1, 0.15) is 0 Å². The molecule has 0 unspecified atom stereocenters. The Hall–Kier alpha value is -1.16. The highest BCUT2D eigenvalue weighted by molar-refractivity contribution is 7.98. The van der Waals surface area contributed by atoms with Gasteiger partial charge in [-0.2, -0.15) is 11.8 Å². The first-order valence-electron chi connectivity index (χ1n) is 6.43. The van der Waals surface area contributed by atoms with E-state index in [4.69, 9.17) is 11.5 Å². The topological polar surface area (TPSA) is 69.1 Å². The predicted molar refractivity (Wildman–Crippen MR) is 77.5 cm³/mol. The van der Waals surface area contributed by atoms with Gasteiger partial charge in [-0.25, -0.2) is 0 Å². The maximum atomic E-state index is 11.0. The zero-order valence-corrected chi connectivity index (χ0v) is 11.3. The summed E-state index contributed by atoms with van der Waals surface area (Å²) in [4.78, 5) is 11.0. The quantitative estimate of drug-likeness (QED) is 0.803. The lowest BCUT2D eigenvalue weighted by Gasteiger charge is -2.10. The minimum absolute atomic E-state index is 0.424. The van der Waals surface area contributed by atoms with Crippen molar-refractivity contribution in [3.63, 3.8) is 0 Å². The van der Waals surface area contributed by atoms with Gasteiger partial charge in [0.25, 0.3) is 0 Å². The van der Waals surface area contributed by atoms with Crippen molar-refractivity contribution in [2.45, 2.75) is 31.4 Å². The van der Waals surface area contributed by atoms with E-state index in [2.05, 4.69) is 0 Å². The Morgan fingerprint density at radius 3 is 2.67 bits per heavy atom. The molecule has 0 bridgehead atoms. The van der Waals surface area contributed by atoms with Crippen LogP contribution in [0.15, 0.2) is 18.2 Å². The second-order valence-electron chi connectivity index (χ2n) is 4.94. The highest BCUT2D eigenvalue weighted by Crippen LogP contribution is 2.29. The van der Waals surface area contributed by atoms with Crippen LogP contribution in [0.25, 0.3) is 0 Å². The summed E-state index contributed by atoms with van der Waals surface area (Å²) in [5.74, 6) is 2.60. The fourth-order valence-electron chi connectivity index (χ4n) is 2.39. The second kappa shape index (κ2) is 6.14. The average Bonchev–Trinajstić information content (AvgIpc) is 2.84. The van der Waals surface area contributed by atoms with Crippen molar-refractivity contribution in [3.05, 3.63) is 29.3 Å². The van der Waals surface area contributed by atoms with Gasteiger partial charge in [0.2, 0.25) is 5.91 Å². The Labute approximate surface area is 112 Å². The smallest absolute Gasteiger partial charge is 0.248 e. The minimum atomic E-state index is -0.424. The van der Waals surface area contributed by atoms with Crippen LogP contribution in [0, 0.1) is 5.92 Å². The zero-order chi connectivity index (χ0) is 13.0. The minimum Gasteiger partial charge on any atom is -0.398 e. The highest BCUT2D eigenvalue weighted by atomic mass is 32.2. The molecule has 18 heavy (non-hydrogen) atoms. The van der Waals surface area contributed by atoms with Crippen molar-refractivity contribution in [2.75, 3.05) is 11.5 Å². The standard InChI is InChI=1S/C14H20N2OS/c15-13-7-11(14(16)17)5-6-12(13)9-18-8-10-3-1-2-4-10/h5-7,10H,1-4,8-9,15H2,(H2,16,17). The molecule has 1 aliphatic carbocycles. The SMILES string of the molecule is NC(=O)c1ccc(CSCC2CCCC2)c(N)c1. The molecule has 4 heteroatoms. The lowest BCUT2D eigenvalue weighted by atomic mass is 10.1. The molecule has 0 heterocycles. The van der Waals surface area contributed by atoms with E-state index in [1.54, 1.807) is 12.1 Å². The van der Waals surface area contributed by atoms with Gasteiger partial charge in [0.05, 0.1) is 0 Å². The lowest BCUT2D eigenvalue weighted by molar-refractivity contribution is 0.100. The van der Waals surface area contributed by atoms with E-state index in [1.807, 2.05) is 17.8 Å².